The summed E-state index contributed by atoms with van der Waals surface area (Å²) < 4.78 is 10.9. The quantitative estimate of drug-likeness (QED) is 0.677. The van der Waals surface area contributed by atoms with Crippen LogP contribution in [-0.4, -0.2) is 18.8 Å². The van der Waals surface area contributed by atoms with Crippen LogP contribution in [-0.2, 0) is 16.1 Å². The summed E-state index contributed by atoms with van der Waals surface area (Å²) in [4.78, 5) is 0. The van der Waals surface area contributed by atoms with E-state index in [1.807, 2.05) is 24.3 Å². The lowest BCUT2D eigenvalue weighted by molar-refractivity contribution is -0.186. The Labute approximate surface area is 84.2 Å². The van der Waals surface area contributed by atoms with Crippen molar-refractivity contribution in [3.8, 4) is 0 Å². The van der Waals surface area contributed by atoms with Crippen LogP contribution < -0.4 is 0 Å². The monoisotopic (exact) mass is 190 g/mol. The van der Waals surface area contributed by atoms with Gasteiger partial charge in [-0.3, -0.25) is 0 Å². The van der Waals surface area contributed by atoms with E-state index in [2.05, 4.69) is 18.7 Å². The molecule has 1 aliphatic heterocycles. The molecule has 0 spiro atoms. The highest BCUT2D eigenvalue weighted by Crippen LogP contribution is 2.24. The molecule has 1 aliphatic rings. The van der Waals surface area contributed by atoms with Gasteiger partial charge >= 0.3 is 0 Å². The SMILES string of the molecule is C=CC1(OCc2ccccc2)COC1. The molecule has 1 saturated heterocycles. The highest BCUT2D eigenvalue weighted by molar-refractivity contribution is 5.14. The van der Waals surface area contributed by atoms with Crippen molar-refractivity contribution in [2.75, 3.05) is 13.2 Å². The fourth-order valence-electron chi connectivity index (χ4n) is 1.36. The van der Waals surface area contributed by atoms with E-state index in [1.54, 1.807) is 0 Å². The van der Waals surface area contributed by atoms with Crippen molar-refractivity contribution in [3.63, 3.8) is 0 Å². The number of hydrogen-bond acceptors (Lipinski definition) is 2. The fourth-order valence-corrected chi connectivity index (χ4v) is 1.36. The Morgan fingerprint density at radius 3 is 2.57 bits per heavy atom. The van der Waals surface area contributed by atoms with E-state index in [1.165, 1.54) is 5.56 Å². The maximum atomic E-state index is 5.76. The summed E-state index contributed by atoms with van der Waals surface area (Å²) in [5, 5.41) is 0. The normalized spacial score (nSPS) is 18.6. The maximum Gasteiger partial charge on any atom is 0.133 e. The smallest absolute Gasteiger partial charge is 0.133 e. The van der Waals surface area contributed by atoms with Crippen LogP contribution in [0.15, 0.2) is 43.0 Å². The van der Waals surface area contributed by atoms with Gasteiger partial charge in [0.05, 0.1) is 19.8 Å². The van der Waals surface area contributed by atoms with Crippen LogP contribution in [0.4, 0.5) is 0 Å². The zero-order chi connectivity index (χ0) is 9.86. The van der Waals surface area contributed by atoms with Crippen LogP contribution in [0.3, 0.4) is 0 Å². The average Bonchev–Trinajstić information content (AvgIpc) is 2.19. The van der Waals surface area contributed by atoms with Crippen LogP contribution in [0.2, 0.25) is 0 Å². The first-order chi connectivity index (χ1) is 6.85. The standard InChI is InChI=1S/C12H14O2/c1-2-12(9-13-10-12)14-8-11-6-4-3-5-7-11/h2-7H,1,8-10H2. The van der Waals surface area contributed by atoms with Crippen molar-refractivity contribution in [3.05, 3.63) is 48.6 Å². The molecule has 2 nitrogen and oxygen atoms in total. The van der Waals surface area contributed by atoms with Crippen molar-refractivity contribution in [2.45, 2.75) is 12.2 Å². The summed E-state index contributed by atoms with van der Waals surface area (Å²) in [7, 11) is 0. The van der Waals surface area contributed by atoms with E-state index in [4.69, 9.17) is 9.47 Å². The molecule has 0 saturated carbocycles. The Balaban J connectivity index is 1.91. The zero-order valence-corrected chi connectivity index (χ0v) is 8.11. The first-order valence-corrected chi connectivity index (χ1v) is 4.74. The molecule has 0 aliphatic carbocycles. The molecule has 2 heteroatoms. The minimum Gasteiger partial charge on any atom is -0.375 e. The van der Waals surface area contributed by atoms with E-state index < -0.39 is 0 Å². The first kappa shape index (κ1) is 9.44. The third kappa shape index (κ3) is 1.86. The molecule has 1 aromatic carbocycles. The molecule has 74 valence electrons. The summed E-state index contributed by atoms with van der Waals surface area (Å²) >= 11 is 0. The molecule has 1 fully saturated rings. The molecule has 2 rings (SSSR count). The van der Waals surface area contributed by atoms with Crippen molar-refractivity contribution in [2.24, 2.45) is 0 Å². The van der Waals surface area contributed by atoms with Crippen LogP contribution in [0, 0.1) is 0 Å². The van der Waals surface area contributed by atoms with Crippen molar-refractivity contribution in [1.29, 1.82) is 0 Å². The van der Waals surface area contributed by atoms with Gasteiger partial charge in [0.15, 0.2) is 0 Å². The summed E-state index contributed by atoms with van der Waals surface area (Å²) in [6, 6.07) is 10.1. The lowest BCUT2D eigenvalue weighted by atomic mass is 10.0. The van der Waals surface area contributed by atoms with Gasteiger partial charge in [-0.25, -0.2) is 0 Å². The Morgan fingerprint density at radius 1 is 1.36 bits per heavy atom. The highest BCUT2D eigenvalue weighted by Gasteiger charge is 2.36. The largest absolute Gasteiger partial charge is 0.375 e. The maximum absolute atomic E-state index is 5.76. The first-order valence-electron chi connectivity index (χ1n) is 4.74. The number of hydrogen-bond donors (Lipinski definition) is 0. The molecule has 0 aromatic heterocycles. The predicted molar refractivity (Wildman–Crippen MR) is 55.0 cm³/mol. The number of benzene rings is 1. The number of ether oxygens (including phenoxy) is 2. The van der Waals surface area contributed by atoms with Crippen molar-refractivity contribution in [1.82, 2.24) is 0 Å². The van der Waals surface area contributed by atoms with Gasteiger partial charge in [0, 0.05) is 0 Å². The van der Waals surface area contributed by atoms with Gasteiger partial charge in [-0.2, -0.15) is 0 Å². The van der Waals surface area contributed by atoms with E-state index in [0.717, 1.165) is 0 Å². The second-order valence-corrected chi connectivity index (χ2v) is 3.54. The van der Waals surface area contributed by atoms with Crippen LogP contribution >= 0.6 is 0 Å². The lowest BCUT2D eigenvalue weighted by Gasteiger charge is -2.38. The van der Waals surface area contributed by atoms with E-state index >= 15 is 0 Å². The highest BCUT2D eigenvalue weighted by atomic mass is 16.6. The van der Waals surface area contributed by atoms with E-state index in [9.17, 15) is 0 Å². The molecule has 0 radical (unpaired) electrons. The summed E-state index contributed by atoms with van der Waals surface area (Å²) in [5.74, 6) is 0. The molecule has 0 atom stereocenters. The van der Waals surface area contributed by atoms with Crippen LogP contribution in [0.5, 0.6) is 0 Å². The lowest BCUT2D eigenvalue weighted by Crippen LogP contribution is -2.49. The Morgan fingerprint density at radius 2 is 2.07 bits per heavy atom. The minimum atomic E-state index is -0.240. The molecule has 0 amide bonds. The van der Waals surface area contributed by atoms with Gasteiger partial charge in [-0.15, -0.1) is 6.58 Å². The summed E-state index contributed by atoms with van der Waals surface area (Å²) in [6.07, 6.45) is 1.83. The second kappa shape index (κ2) is 3.95. The zero-order valence-electron chi connectivity index (χ0n) is 8.11. The average molecular weight is 190 g/mol. The van der Waals surface area contributed by atoms with E-state index in [0.29, 0.717) is 19.8 Å². The third-order valence-corrected chi connectivity index (χ3v) is 2.43. The summed E-state index contributed by atoms with van der Waals surface area (Å²) in [5.41, 5.74) is 0.941. The van der Waals surface area contributed by atoms with E-state index in [-0.39, 0.29) is 5.60 Å². The third-order valence-electron chi connectivity index (χ3n) is 2.43. The van der Waals surface area contributed by atoms with Crippen LogP contribution in [0.1, 0.15) is 5.56 Å². The molecule has 1 heterocycles. The van der Waals surface area contributed by atoms with Crippen molar-refractivity contribution < 1.29 is 9.47 Å². The summed E-state index contributed by atoms with van der Waals surface area (Å²) in [6.45, 7) is 5.64. The molecule has 0 bridgehead atoms. The van der Waals surface area contributed by atoms with Gasteiger partial charge in [0.1, 0.15) is 5.60 Å². The van der Waals surface area contributed by atoms with Gasteiger partial charge in [-0.05, 0) is 5.56 Å². The van der Waals surface area contributed by atoms with Crippen molar-refractivity contribution >= 4 is 0 Å². The van der Waals surface area contributed by atoms with Gasteiger partial charge < -0.3 is 9.47 Å². The topological polar surface area (TPSA) is 18.5 Å². The molecular formula is C12H14O2. The Bertz CT molecular complexity index is 301. The molecular weight excluding hydrogens is 176 g/mol. The molecule has 14 heavy (non-hydrogen) atoms. The molecule has 0 unspecified atom stereocenters. The predicted octanol–water partition coefficient (Wildman–Crippen LogP) is 2.16. The number of rotatable bonds is 4. The minimum absolute atomic E-state index is 0.240. The van der Waals surface area contributed by atoms with Gasteiger partial charge in [0.25, 0.3) is 0 Å². The van der Waals surface area contributed by atoms with Gasteiger partial charge in [0.2, 0.25) is 0 Å². The van der Waals surface area contributed by atoms with Crippen LogP contribution in [0.25, 0.3) is 0 Å². The molecule has 0 N–H and O–H groups in total. The Kier molecular flexibility index (Phi) is 2.66. The fraction of sp³-hybridized carbons (Fsp3) is 0.333. The Hall–Kier alpha value is -1.12. The molecule has 1 aromatic rings. The van der Waals surface area contributed by atoms with Gasteiger partial charge in [-0.1, -0.05) is 36.4 Å². The second-order valence-electron chi connectivity index (χ2n) is 3.54.